The van der Waals surface area contributed by atoms with Crippen LogP contribution >= 0.6 is 0 Å². The van der Waals surface area contributed by atoms with Crippen molar-refractivity contribution in [2.24, 2.45) is 0 Å². The van der Waals surface area contributed by atoms with Gasteiger partial charge in [0.05, 0.1) is 11.0 Å². The molecular formula is C17H11F3N2O2. The molecular weight excluding hydrogens is 321 g/mol. The number of ketones is 1. The fourth-order valence-corrected chi connectivity index (χ4v) is 3.00. The van der Waals surface area contributed by atoms with E-state index in [0.29, 0.717) is 35.4 Å². The van der Waals surface area contributed by atoms with E-state index in [1.165, 1.54) is 24.3 Å². The molecule has 2 heterocycles. The van der Waals surface area contributed by atoms with E-state index in [2.05, 4.69) is 9.72 Å². The lowest BCUT2D eigenvalue weighted by Gasteiger charge is -2.16. The standard InChI is InChI=1S/C17H11F3N2O2/c18-17(19,20)24-11-6-4-10(5-7-11)16-21-13-3-1-2-12-14(23)8-9-22(16)15(12)13/h1-7H,8-9H2. The number of carbonyl (C=O) groups is 1. The molecule has 1 aliphatic heterocycles. The Bertz CT molecular complexity index is 943. The van der Waals surface area contributed by atoms with Crippen LogP contribution in [-0.2, 0) is 6.54 Å². The van der Waals surface area contributed by atoms with Crippen LogP contribution in [0.3, 0.4) is 0 Å². The van der Waals surface area contributed by atoms with E-state index < -0.39 is 6.36 Å². The molecule has 0 fully saturated rings. The van der Waals surface area contributed by atoms with Gasteiger partial charge in [-0.15, -0.1) is 13.2 Å². The second-order valence-corrected chi connectivity index (χ2v) is 5.51. The van der Waals surface area contributed by atoms with Gasteiger partial charge in [-0.1, -0.05) is 6.07 Å². The number of rotatable bonds is 2. The number of carbonyl (C=O) groups excluding carboxylic acids is 1. The van der Waals surface area contributed by atoms with Crippen LogP contribution < -0.4 is 4.74 Å². The van der Waals surface area contributed by atoms with Crippen LogP contribution in [0.4, 0.5) is 13.2 Å². The zero-order valence-electron chi connectivity index (χ0n) is 12.3. The highest BCUT2D eigenvalue weighted by Crippen LogP contribution is 2.32. The Morgan fingerprint density at radius 1 is 1.08 bits per heavy atom. The summed E-state index contributed by atoms with van der Waals surface area (Å²) in [5.74, 6) is 0.425. The minimum absolute atomic E-state index is 0.0773. The third-order valence-corrected chi connectivity index (χ3v) is 3.98. The smallest absolute Gasteiger partial charge is 0.406 e. The summed E-state index contributed by atoms with van der Waals surface area (Å²) in [6.07, 6.45) is -4.34. The monoisotopic (exact) mass is 332 g/mol. The first-order valence-electron chi connectivity index (χ1n) is 7.31. The lowest BCUT2D eigenvalue weighted by Crippen LogP contribution is -2.17. The van der Waals surface area contributed by atoms with Crippen LogP contribution in [-0.4, -0.2) is 21.7 Å². The average Bonchev–Trinajstić information content (AvgIpc) is 2.90. The fraction of sp³-hybridized carbons (Fsp3) is 0.176. The molecule has 0 saturated carbocycles. The summed E-state index contributed by atoms with van der Waals surface area (Å²) >= 11 is 0. The van der Waals surface area contributed by atoms with Gasteiger partial charge in [0.25, 0.3) is 0 Å². The van der Waals surface area contributed by atoms with Gasteiger partial charge in [0, 0.05) is 24.1 Å². The molecule has 0 amide bonds. The molecule has 0 atom stereocenters. The van der Waals surface area contributed by atoms with Crippen molar-refractivity contribution in [2.45, 2.75) is 19.3 Å². The number of hydrogen-bond donors (Lipinski definition) is 0. The first-order chi connectivity index (χ1) is 11.4. The molecule has 7 heteroatoms. The summed E-state index contributed by atoms with van der Waals surface area (Å²) in [4.78, 5) is 16.6. The van der Waals surface area contributed by atoms with Gasteiger partial charge < -0.3 is 9.30 Å². The normalized spacial score (nSPS) is 14.2. The van der Waals surface area contributed by atoms with E-state index >= 15 is 0 Å². The van der Waals surface area contributed by atoms with Gasteiger partial charge in [-0.25, -0.2) is 4.98 Å². The molecule has 2 aromatic carbocycles. The van der Waals surface area contributed by atoms with E-state index in [9.17, 15) is 18.0 Å². The van der Waals surface area contributed by atoms with Gasteiger partial charge >= 0.3 is 6.36 Å². The maximum atomic E-state index is 12.2. The van der Waals surface area contributed by atoms with Gasteiger partial charge in [0.1, 0.15) is 11.6 Å². The highest BCUT2D eigenvalue weighted by Gasteiger charge is 2.31. The van der Waals surface area contributed by atoms with E-state index in [4.69, 9.17) is 0 Å². The van der Waals surface area contributed by atoms with Crippen LogP contribution in [0.1, 0.15) is 16.8 Å². The number of aryl methyl sites for hydroxylation is 1. The quantitative estimate of drug-likeness (QED) is 0.707. The molecule has 0 N–H and O–H groups in total. The number of para-hydroxylation sites is 1. The SMILES string of the molecule is O=C1CCn2c(-c3ccc(OC(F)(F)F)cc3)nc3cccc1c32. The van der Waals surface area contributed by atoms with Gasteiger partial charge in [0.15, 0.2) is 5.78 Å². The number of imidazole rings is 1. The third kappa shape index (κ3) is 2.42. The predicted octanol–water partition coefficient (Wildman–Crippen LogP) is 4.19. The van der Waals surface area contributed by atoms with E-state index in [-0.39, 0.29) is 11.5 Å². The number of nitrogens with zero attached hydrogens (tertiary/aromatic N) is 2. The molecule has 0 bridgehead atoms. The Kier molecular flexibility index (Phi) is 3.13. The predicted molar refractivity (Wildman–Crippen MR) is 80.8 cm³/mol. The van der Waals surface area contributed by atoms with Gasteiger partial charge in [-0.05, 0) is 36.4 Å². The Morgan fingerprint density at radius 3 is 2.54 bits per heavy atom. The van der Waals surface area contributed by atoms with Gasteiger partial charge in [-0.2, -0.15) is 0 Å². The van der Waals surface area contributed by atoms with Crippen molar-refractivity contribution < 1.29 is 22.7 Å². The van der Waals surface area contributed by atoms with Crippen LogP contribution in [0, 0.1) is 0 Å². The molecule has 0 radical (unpaired) electrons. The minimum atomic E-state index is -4.72. The molecule has 0 aliphatic carbocycles. The molecule has 0 unspecified atom stereocenters. The topological polar surface area (TPSA) is 44.1 Å². The molecule has 3 aromatic rings. The van der Waals surface area contributed by atoms with Crippen LogP contribution in [0.5, 0.6) is 5.75 Å². The lowest BCUT2D eigenvalue weighted by molar-refractivity contribution is -0.274. The zero-order chi connectivity index (χ0) is 16.9. The Balaban J connectivity index is 1.79. The second kappa shape index (κ2) is 5.09. The molecule has 0 saturated heterocycles. The maximum Gasteiger partial charge on any atom is 0.573 e. The number of ether oxygens (including phenoxy) is 1. The molecule has 0 spiro atoms. The van der Waals surface area contributed by atoms with Crippen LogP contribution in [0.2, 0.25) is 0 Å². The summed E-state index contributed by atoms with van der Waals surface area (Å²) in [5, 5.41) is 0. The minimum Gasteiger partial charge on any atom is -0.406 e. The molecule has 24 heavy (non-hydrogen) atoms. The van der Waals surface area contributed by atoms with E-state index in [0.717, 1.165) is 5.52 Å². The Morgan fingerprint density at radius 2 is 1.83 bits per heavy atom. The summed E-state index contributed by atoms with van der Waals surface area (Å²) in [5.41, 5.74) is 2.78. The van der Waals surface area contributed by atoms with Crippen molar-refractivity contribution in [3.63, 3.8) is 0 Å². The maximum absolute atomic E-state index is 12.2. The first kappa shape index (κ1) is 14.7. The summed E-state index contributed by atoms with van der Waals surface area (Å²) in [7, 11) is 0. The summed E-state index contributed by atoms with van der Waals surface area (Å²) < 4.78 is 42.5. The molecule has 4 nitrogen and oxygen atoms in total. The molecule has 1 aliphatic rings. The van der Waals surface area contributed by atoms with Crippen LogP contribution in [0.15, 0.2) is 42.5 Å². The lowest BCUT2D eigenvalue weighted by atomic mass is 10.0. The van der Waals surface area contributed by atoms with Gasteiger partial charge in [0.2, 0.25) is 0 Å². The Labute approximate surface area is 134 Å². The zero-order valence-corrected chi connectivity index (χ0v) is 12.3. The Hall–Kier alpha value is -2.83. The van der Waals surface area contributed by atoms with Crippen molar-refractivity contribution >= 4 is 16.8 Å². The molecule has 122 valence electrons. The van der Waals surface area contributed by atoms with Crippen molar-refractivity contribution in [1.82, 2.24) is 9.55 Å². The average molecular weight is 332 g/mol. The first-order valence-corrected chi connectivity index (χ1v) is 7.31. The summed E-state index contributed by atoms with van der Waals surface area (Å²) in [6, 6.07) is 10.9. The number of Topliss-reactive ketones (excluding diaryl/α,β-unsaturated/α-hetero) is 1. The van der Waals surface area contributed by atoms with Crippen molar-refractivity contribution in [2.75, 3.05) is 0 Å². The van der Waals surface area contributed by atoms with Crippen molar-refractivity contribution in [3.05, 3.63) is 48.0 Å². The molecule has 4 rings (SSSR count). The fourth-order valence-electron chi connectivity index (χ4n) is 3.00. The number of alkyl halides is 3. The number of aromatic nitrogens is 2. The second-order valence-electron chi connectivity index (χ2n) is 5.51. The summed E-state index contributed by atoms with van der Waals surface area (Å²) in [6.45, 7) is 0.502. The highest BCUT2D eigenvalue weighted by atomic mass is 19.4. The highest BCUT2D eigenvalue weighted by molar-refractivity contribution is 6.08. The number of halogens is 3. The van der Waals surface area contributed by atoms with E-state index in [1.54, 1.807) is 12.1 Å². The largest absolute Gasteiger partial charge is 0.573 e. The number of benzene rings is 2. The van der Waals surface area contributed by atoms with Crippen LogP contribution in [0.25, 0.3) is 22.4 Å². The van der Waals surface area contributed by atoms with Gasteiger partial charge in [-0.3, -0.25) is 4.79 Å². The number of hydrogen-bond acceptors (Lipinski definition) is 3. The van der Waals surface area contributed by atoms with Crippen molar-refractivity contribution in [1.29, 1.82) is 0 Å². The third-order valence-electron chi connectivity index (χ3n) is 3.98. The van der Waals surface area contributed by atoms with Crippen molar-refractivity contribution in [3.8, 4) is 17.1 Å². The van der Waals surface area contributed by atoms with E-state index in [1.807, 2.05) is 10.6 Å². The molecule has 1 aromatic heterocycles.